The molecule has 0 radical (unpaired) electrons. The van der Waals surface area contributed by atoms with Gasteiger partial charge in [-0.25, -0.2) is 0 Å². The largest absolute Gasteiger partial charge is 0.392 e. The average molecular weight is 331 g/mol. The first kappa shape index (κ1) is 17.4. The highest BCUT2D eigenvalue weighted by molar-refractivity contribution is 5.84. The number of piperidine rings is 1. The predicted octanol–water partition coefficient (Wildman–Crippen LogP) is 2.65. The molecule has 1 aromatic carbocycles. The van der Waals surface area contributed by atoms with E-state index in [1.807, 2.05) is 23.1 Å². The second-order valence-corrected chi connectivity index (χ2v) is 7.45. The molecule has 1 heterocycles. The highest BCUT2D eigenvalue weighted by atomic mass is 16.5. The van der Waals surface area contributed by atoms with Crippen molar-refractivity contribution in [3.8, 4) is 0 Å². The highest BCUT2D eigenvalue weighted by Gasteiger charge is 2.47. The van der Waals surface area contributed by atoms with Crippen LogP contribution in [0.4, 0.5) is 0 Å². The van der Waals surface area contributed by atoms with E-state index in [2.05, 4.69) is 12.1 Å². The average Bonchev–Trinajstić information content (AvgIpc) is 2.58. The van der Waals surface area contributed by atoms with Crippen molar-refractivity contribution in [2.45, 2.75) is 44.6 Å². The maximum Gasteiger partial charge on any atom is 0.231 e. The second-order valence-electron chi connectivity index (χ2n) is 7.45. The summed E-state index contributed by atoms with van der Waals surface area (Å²) in [5, 5.41) is 10.5. The number of hydrogen-bond acceptors (Lipinski definition) is 3. The fourth-order valence-corrected chi connectivity index (χ4v) is 4.14. The molecular formula is C20H29NO3. The number of ether oxygens (including phenoxy) is 1. The van der Waals surface area contributed by atoms with Crippen molar-refractivity contribution in [2.75, 3.05) is 26.8 Å². The quantitative estimate of drug-likeness (QED) is 0.872. The lowest BCUT2D eigenvalue weighted by atomic mass is 9.68. The molecule has 1 N–H and O–H groups in total. The van der Waals surface area contributed by atoms with Gasteiger partial charge in [0.05, 0.1) is 18.1 Å². The molecule has 0 spiro atoms. The zero-order chi connectivity index (χ0) is 17.0. The van der Waals surface area contributed by atoms with Crippen molar-refractivity contribution < 1.29 is 14.6 Å². The van der Waals surface area contributed by atoms with Crippen LogP contribution in [0.25, 0.3) is 0 Å². The van der Waals surface area contributed by atoms with Crippen molar-refractivity contribution in [3.05, 3.63) is 35.9 Å². The van der Waals surface area contributed by atoms with E-state index < -0.39 is 0 Å². The van der Waals surface area contributed by atoms with Crippen LogP contribution in [0.2, 0.25) is 0 Å². The molecule has 1 aliphatic heterocycles. The van der Waals surface area contributed by atoms with Crippen molar-refractivity contribution in [1.82, 2.24) is 4.90 Å². The summed E-state index contributed by atoms with van der Waals surface area (Å²) in [7, 11) is 1.68. The maximum absolute atomic E-state index is 12.8. The van der Waals surface area contributed by atoms with Gasteiger partial charge in [-0.1, -0.05) is 36.8 Å². The van der Waals surface area contributed by atoms with Crippen molar-refractivity contribution in [2.24, 2.45) is 11.3 Å². The van der Waals surface area contributed by atoms with Gasteiger partial charge in [-0.15, -0.1) is 0 Å². The summed E-state index contributed by atoms with van der Waals surface area (Å²) in [5.74, 6) is 0.556. The van der Waals surface area contributed by atoms with Crippen LogP contribution in [0.5, 0.6) is 0 Å². The fraction of sp³-hybridized carbons (Fsp3) is 0.650. The van der Waals surface area contributed by atoms with Crippen molar-refractivity contribution in [3.63, 3.8) is 0 Å². The third-order valence-corrected chi connectivity index (χ3v) is 5.84. The smallest absolute Gasteiger partial charge is 0.231 e. The van der Waals surface area contributed by atoms with Gasteiger partial charge in [-0.2, -0.15) is 0 Å². The van der Waals surface area contributed by atoms with Gasteiger partial charge in [0, 0.05) is 20.2 Å². The lowest BCUT2D eigenvalue weighted by Crippen LogP contribution is -2.53. The number of aliphatic hydroxyl groups excluding tert-OH is 1. The Hall–Kier alpha value is -1.39. The summed E-state index contributed by atoms with van der Waals surface area (Å²) < 4.78 is 5.30. The van der Waals surface area contributed by atoms with Crippen LogP contribution >= 0.6 is 0 Å². The first-order valence-corrected chi connectivity index (χ1v) is 9.15. The Balaban J connectivity index is 1.51. The van der Waals surface area contributed by atoms with E-state index in [0.29, 0.717) is 13.0 Å². The summed E-state index contributed by atoms with van der Waals surface area (Å²) >= 11 is 0. The molecule has 1 atom stereocenters. The van der Waals surface area contributed by atoms with Crippen molar-refractivity contribution in [1.29, 1.82) is 0 Å². The number of likely N-dealkylation sites (tertiary alicyclic amines) is 1. The number of methoxy groups -OCH3 is 1. The molecule has 24 heavy (non-hydrogen) atoms. The summed E-state index contributed by atoms with van der Waals surface area (Å²) in [6, 6.07) is 10.1. The Morgan fingerprint density at radius 3 is 2.50 bits per heavy atom. The van der Waals surface area contributed by atoms with Gasteiger partial charge in [-0.3, -0.25) is 4.79 Å². The molecule has 2 aliphatic rings. The lowest BCUT2D eigenvalue weighted by Gasteiger charge is -2.45. The normalized spacial score (nSPS) is 22.0. The molecular weight excluding hydrogens is 302 g/mol. The topological polar surface area (TPSA) is 49.8 Å². The van der Waals surface area contributed by atoms with E-state index in [1.54, 1.807) is 7.11 Å². The maximum atomic E-state index is 12.8. The highest BCUT2D eigenvalue weighted by Crippen LogP contribution is 2.43. The van der Waals surface area contributed by atoms with Crippen LogP contribution < -0.4 is 0 Å². The van der Waals surface area contributed by atoms with Crippen LogP contribution in [0.3, 0.4) is 0 Å². The number of nitrogens with zero attached hydrogens (tertiary/aromatic N) is 1. The summed E-state index contributed by atoms with van der Waals surface area (Å²) in [6.45, 7) is 2.07. The Morgan fingerprint density at radius 1 is 1.29 bits per heavy atom. The number of carbonyl (C=O) groups is 1. The first-order valence-electron chi connectivity index (χ1n) is 9.15. The fourth-order valence-electron chi connectivity index (χ4n) is 4.14. The Labute approximate surface area is 144 Å². The second kappa shape index (κ2) is 7.66. The molecule has 1 aliphatic carbocycles. The van der Waals surface area contributed by atoms with Crippen LogP contribution in [0.15, 0.2) is 30.3 Å². The van der Waals surface area contributed by atoms with E-state index in [0.717, 1.165) is 45.2 Å². The molecule has 0 bridgehead atoms. The van der Waals surface area contributed by atoms with Gasteiger partial charge in [0.1, 0.15) is 0 Å². The molecule has 1 unspecified atom stereocenters. The minimum absolute atomic E-state index is 0.260. The van der Waals surface area contributed by atoms with Crippen LogP contribution in [-0.2, 0) is 16.0 Å². The van der Waals surface area contributed by atoms with Crippen LogP contribution in [-0.4, -0.2) is 48.8 Å². The number of benzene rings is 1. The summed E-state index contributed by atoms with van der Waals surface area (Å²) in [5.41, 5.74) is 0.918. The molecule has 1 saturated heterocycles. The van der Waals surface area contributed by atoms with Gasteiger partial charge in [-0.05, 0) is 43.6 Å². The molecule has 4 nitrogen and oxygen atoms in total. The van der Waals surface area contributed by atoms with E-state index in [4.69, 9.17) is 4.74 Å². The number of hydrogen-bond donors (Lipinski definition) is 1. The monoisotopic (exact) mass is 331 g/mol. The number of carbonyl (C=O) groups excluding carboxylic acids is 1. The van der Waals surface area contributed by atoms with Gasteiger partial charge in [0.15, 0.2) is 0 Å². The molecule has 1 saturated carbocycles. The Morgan fingerprint density at radius 2 is 1.96 bits per heavy atom. The molecule has 2 fully saturated rings. The summed E-state index contributed by atoms with van der Waals surface area (Å²) in [4.78, 5) is 14.8. The van der Waals surface area contributed by atoms with Crippen molar-refractivity contribution >= 4 is 5.91 Å². The van der Waals surface area contributed by atoms with Crippen LogP contribution in [0.1, 0.15) is 37.7 Å². The third-order valence-electron chi connectivity index (χ3n) is 5.84. The van der Waals surface area contributed by atoms with E-state index in [1.165, 1.54) is 5.56 Å². The predicted molar refractivity (Wildman–Crippen MR) is 93.6 cm³/mol. The Bertz CT molecular complexity index is 533. The zero-order valence-electron chi connectivity index (χ0n) is 14.6. The molecule has 3 rings (SSSR count). The minimum atomic E-state index is -0.318. The Kier molecular flexibility index (Phi) is 5.57. The van der Waals surface area contributed by atoms with Gasteiger partial charge in [0.25, 0.3) is 0 Å². The number of aliphatic hydroxyl groups is 1. The molecule has 132 valence electrons. The minimum Gasteiger partial charge on any atom is -0.392 e. The molecule has 1 aromatic rings. The van der Waals surface area contributed by atoms with Crippen LogP contribution in [0, 0.1) is 11.3 Å². The number of amides is 1. The molecule has 1 amide bonds. The first-order chi connectivity index (χ1) is 11.6. The molecule has 4 heteroatoms. The third kappa shape index (κ3) is 3.65. The van der Waals surface area contributed by atoms with Gasteiger partial charge < -0.3 is 14.7 Å². The van der Waals surface area contributed by atoms with E-state index >= 15 is 0 Å². The van der Waals surface area contributed by atoms with Gasteiger partial charge >= 0.3 is 0 Å². The van der Waals surface area contributed by atoms with Gasteiger partial charge in [0.2, 0.25) is 5.91 Å². The summed E-state index contributed by atoms with van der Waals surface area (Å²) in [6.07, 6.45) is 5.20. The lowest BCUT2D eigenvalue weighted by molar-refractivity contribution is -0.154. The molecule has 0 aromatic heterocycles. The van der Waals surface area contributed by atoms with E-state index in [9.17, 15) is 9.90 Å². The zero-order valence-corrected chi connectivity index (χ0v) is 14.6. The standard InChI is InChI=1S/C20H29NO3/c1-24-15-20(10-5-11-20)19(23)21-12-8-17(9-13-21)18(22)14-16-6-3-2-4-7-16/h2-4,6-7,17-18,22H,5,8-15H2,1H3. The SMILES string of the molecule is COCC1(C(=O)N2CCC(C(O)Cc3ccccc3)CC2)CCC1. The van der Waals surface area contributed by atoms with E-state index in [-0.39, 0.29) is 23.3 Å². The number of rotatable bonds is 6.